The average Bonchev–Trinajstić information content (AvgIpc) is 3.14. The van der Waals surface area contributed by atoms with Gasteiger partial charge in [-0.2, -0.15) is 0 Å². The minimum atomic E-state index is -0.121. The topological polar surface area (TPSA) is 58.1 Å². The molecule has 0 spiro atoms. The molecule has 5 nitrogen and oxygen atoms in total. The Bertz CT molecular complexity index is 1230. The SMILES string of the molecule is O=C(Nc1cccc(-c2nccc3ncccc23)c1)c1ccc(N2CCCCCS2)cc1. The van der Waals surface area contributed by atoms with Gasteiger partial charge in [0, 0.05) is 52.6 Å². The molecule has 0 radical (unpaired) electrons. The summed E-state index contributed by atoms with van der Waals surface area (Å²) >= 11 is 1.88. The Morgan fingerprint density at radius 3 is 2.72 bits per heavy atom. The summed E-state index contributed by atoms with van der Waals surface area (Å²) in [6.07, 6.45) is 7.31. The second kappa shape index (κ2) is 9.40. The number of carbonyl (C=O) groups is 1. The van der Waals surface area contributed by atoms with E-state index in [9.17, 15) is 4.79 Å². The van der Waals surface area contributed by atoms with Crippen LogP contribution in [0.3, 0.4) is 0 Å². The first-order valence-electron chi connectivity index (χ1n) is 10.9. The van der Waals surface area contributed by atoms with Crippen molar-refractivity contribution < 1.29 is 4.79 Å². The van der Waals surface area contributed by atoms with Gasteiger partial charge in [-0.25, -0.2) is 0 Å². The largest absolute Gasteiger partial charge is 0.322 e. The molecule has 0 saturated carbocycles. The van der Waals surface area contributed by atoms with Crippen molar-refractivity contribution in [3.63, 3.8) is 0 Å². The first kappa shape index (κ1) is 20.5. The van der Waals surface area contributed by atoms with Crippen LogP contribution in [0.4, 0.5) is 11.4 Å². The van der Waals surface area contributed by atoms with Crippen LogP contribution in [0.2, 0.25) is 0 Å². The zero-order chi connectivity index (χ0) is 21.8. The molecule has 3 heterocycles. The highest BCUT2D eigenvalue weighted by Crippen LogP contribution is 2.29. The van der Waals surface area contributed by atoms with E-state index in [0.29, 0.717) is 5.56 Å². The van der Waals surface area contributed by atoms with Crippen molar-refractivity contribution in [1.82, 2.24) is 9.97 Å². The zero-order valence-electron chi connectivity index (χ0n) is 17.7. The third kappa shape index (κ3) is 4.46. The summed E-state index contributed by atoms with van der Waals surface area (Å²) in [7, 11) is 0. The van der Waals surface area contributed by atoms with Gasteiger partial charge in [0.15, 0.2) is 0 Å². The van der Waals surface area contributed by atoms with Crippen LogP contribution in [-0.2, 0) is 0 Å². The second-order valence-electron chi connectivity index (χ2n) is 7.81. The van der Waals surface area contributed by atoms with Crippen LogP contribution in [0.5, 0.6) is 0 Å². The summed E-state index contributed by atoms with van der Waals surface area (Å²) < 4.78 is 2.34. The molecule has 1 aliphatic heterocycles. The maximum atomic E-state index is 12.9. The first-order chi connectivity index (χ1) is 15.8. The van der Waals surface area contributed by atoms with Gasteiger partial charge in [0.2, 0.25) is 0 Å². The number of rotatable bonds is 4. The zero-order valence-corrected chi connectivity index (χ0v) is 18.5. The number of nitrogens with one attached hydrogen (secondary N) is 1. The molecule has 1 amide bonds. The summed E-state index contributed by atoms with van der Waals surface area (Å²) in [5, 5.41) is 4.01. The smallest absolute Gasteiger partial charge is 0.255 e. The minimum Gasteiger partial charge on any atom is -0.322 e. The molecule has 0 atom stereocenters. The van der Waals surface area contributed by atoms with Crippen molar-refractivity contribution in [2.45, 2.75) is 19.3 Å². The highest BCUT2D eigenvalue weighted by molar-refractivity contribution is 8.00. The molecule has 2 aromatic carbocycles. The molecule has 1 saturated heterocycles. The van der Waals surface area contributed by atoms with Crippen LogP contribution in [0.15, 0.2) is 79.1 Å². The van der Waals surface area contributed by atoms with Gasteiger partial charge >= 0.3 is 0 Å². The third-order valence-electron chi connectivity index (χ3n) is 5.59. The number of benzene rings is 2. The summed E-state index contributed by atoms with van der Waals surface area (Å²) in [5.41, 5.74) is 5.23. The van der Waals surface area contributed by atoms with E-state index in [1.807, 2.05) is 78.7 Å². The Kier molecular flexibility index (Phi) is 6.03. The summed E-state index contributed by atoms with van der Waals surface area (Å²) in [4.78, 5) is 21.8. The molecule has 0 unspecified atom stereocenters. The molecule has 6 heteroatoms. The van der Waals surface area contributed by atoms with Gasteiger partial charge in [-0.05, 0) is 79.4 Å². The molecule has 5 rings (SSSR count). The number of aromatic nitrogens is 2. The fourth-order valence-electron chi connectivity index (χ4n) is 3.94. The Morgan fingerprint density at radius 2 is 1.81 bits per heavy atom. The maximum Gasteiger partial charge on any atom is 0.255 e. The fourth-order valence-corrected chi connectivity index (χ4v) is 5.02. The van der Waals surface area contributed by atoms with Crippen molar-refractivity contribution in [3.8, 4) is 11.3 Å². The lowest BCUT2D eigenvalue weighted by molar-refractivity contribution is 0.102. The molecule has 1 N–H and O–H groups in total. The maximum absolute atomic E-state index is 12.9. The normalized spacial score (nSPS) is 14.2. The second-order valence-corrected chi connectivity index (χ2v) is 8.91. The molecule has 1 fully saturated rings. The predicted molar refractivity (Wildman–Crippen MR) is 133 cm³/mol. The molecule has 0 bridgehead atoms. The molecular formula is C26H24N4OS. The summed E-state index contributed by atoms with van der Waals surface area (Å²) in [5.74, 6) is 1.03. The Labute approximate surface area is 192 Å². The van der Waals surface area contributed by atoms with Crippen molar-refractivity contribution in [3.05, 3.63) is 84.7 Å². The Morgan fingerprint density at radius 1 is 0.906 bits per heavy atom. The van der Waals surface area contributed by atoms with Crippen LogP contribution in [0, 0.1) is 0 Å². The number of hydrogen-bond donors (Lipinski definition) is 1. The Balaban J connectivity index is 1.34. The van der Waals surface area contributed by atoms with Gasteiger partial charge in [0.1, 0.15) is 0 Å². The molecule has 2 aromatic heterocycles. The van der Waals surface area contributed by atoms with Gasteiger partial charge < -0.3 is 9.62 Å². The van der Waals surface area contributed by atoms with Crippen LogP contribution >= 0.6 is 11.9 Å². The fraction of sp³-hybridized carbons (Fsp3) is 0.192. The number of carbonyl (C=O) groups excluding carboxylic acids is 1. The highest BCUT2D eigenvalue weighted by Gasteiger charge is 2.13. The van der Waals surface area contributed by atoms with Gasteiger partial charge in [-0.15, -0.1) is 0 Å². The van der Waals surface area contributed by atoms with Crippen molar-refractivity contribution in [2.75, 3.05) is 21.9 Å². The van der Waals surface area contributed by atoms with Crippen LogP contribution in [-0.4, -0.2) is 28.2 Å². The van der Waals surface area contributed by atoms with Gasteiger partial charge in [0.05, 0.1) is 11.2 Å². The van der Waals surface area contributed by atoms with Crippen LogP contribution in [0.1, 0.15) is 29.6 Å². The first-order valence-corrected chi connectivity index (χ1v) is 11.8. The van der Waals surface area contributed by atoms with Gasteiger partial charge in [0.25, 0.3) is 5.91 Å². The lowest BCUT2D eigenvalue weighted by Gasteiger charge is -2.21. The number of hydrogen-bond acceptors (Lipinski definition) is 5. The number of fused-ring (bicyclic) bond motifs is 1. The minimum absolute atomic E-state index is 0.121. The lowest BCUT2D eigenvalue weighted by Crippen LogP contribution is -2.15. The molecule has 32 heavy (non-hydrogen) atoms. The van der Waals surface area contributed by atoms with E-state index in [1.54, 1.807) is 12.4 Å². The van der Waals surface area contributed by atoms with Gasteiger partial charge in [-0.3, -0.25) is 14.8 Å². The monoisotopic (exact) mass is 440 g/mol. The van der Waals surface area contributed by atoms with Gasteiger partial charge in [-0.1, -0.05) is 18.6 Å². The number of nitrogens with zero attached hydrogens (tertiary/aromatic N) is 3. The van der Waals surface area contributed by atoms with E-state index in [0.717, 1.165) is 45.8 Å². The molecule has 0 aliphatic carbocycles. The van der Waals surface area contributed by atoms with E-state index < -0.39 is 0 Å². The van der Waals surface area contributed by atoms with E-state index in [-0.39, 0.29) is 5.91 Å². The Hall–Kier alpha value is -3.38. The van der Waals surface area contributed by atoms with Crippen molar-refractivity contribution in [2.24, 2.45) is 0 Å². The number of anilines is 2. The molecule has 160 valence electrons. The predicted octanol–water partition coefficient (Wildman–Crippen LogP) is 6.19. The number of amides is 1. The van der Waals surface area contributed by atoms with Crippen molar-refractivity contribution in [1.29, 1.82) is 0 Å². The van der Waals surface area contributed by atoms with Crippen LogP contribution < -0.4 is 9.62 Å². The number of pyridine rings is 2. The summed E-state index contributed by atoms with van der Waals surface area (Å²) in [6.45, 7) is 1.06. The summed E-state index contributed by atoms with van der Waals surface area (Å²) in [6, 6.07) is 21.5. The van der Waals surface area contributed by atoms with E-state index in [2.05, 4.69) is 19.6 Å². The standard InChI is InChI=1S/C26H24N4OS/c31-26(19-9-11-22(12-10-19)30-16-2-1-3-17-32-30)29-21-7-4-6-20(18-21)25-23-8-5-14-27-24(23)13-15-28-25/h4-15,18H,1-3,16-17H2,(H,29,31). The van der Waals surface area contributed by atoms with Crippen molar-refractivity contribution >= 4 is 40.1 Å². The lowest BCUT2D eigenvalue weighted by atomic mass is 10.1. The third-order valence-corrected chi connectivity index (χ3v) is 6.77. The quantitative estimate of drug-likeness (QED) is 0.384. The molecule has 4 aromatic rings. The van der Waals surface area contributed by atoms with E-state index in [1.165, 1.54) is 19.3 Å². The average molecular weight is 441 g/mol. The van der Waals surface area contributed by atoms with E-state index in [4.69, 9.17) is 0 Å². The van der Waals surface area contributed by atoms with E-state index >= 15 is 0 Å². The van der Waals surface area contributed by atoms with Crippen LogP contribution in [0.25, 0.3) is 22.2 Å². The highest BCUT2D eigenvalue weighted by atomic mass is 32.2. The molecular weight excluding hydrogens is 416 g/mol. The molecule has 1 aliphatic rings.